The van der Waals surface area contributed by atoms with Crippen LogP contribution in [-0.4, -0.2) is 20.1 Å². The Kier molecular flexibility index (Phi) is 5.19. The summed E-state index contributed by atoms with van der Waals surface area (Å²) < 4.78 is 26.3. The van der Waals surface area contributed by atoms with Gasteiger partial charge in [0.25, 0.3) is 0 Å². The number of rotatable bonds is 5. The largest absolute Gasteiger partial charge is 0.279 e. The Bertz CT molecular complexity index is 892. The molecule has 3 rings (SSSR count). The second-order valence-corrected chi connectivity index (χ2v) is 8.90. The van der Waals surface area contributed by atoms with Gasteiger partial charge in [-0.3, -0.25) is 9.69 Å². The Morgan fingerprint density at radius 3 is 2.31 bits per heavy atom. The third-order valence-electron chi connectivity index (χ3n) is 5.26. The monoisotopic (exact) mass is 371 g/mol. The average molecular weight is 372 g/mol. The number of hydrogen-bond donors (Lipinski definition) is 0. The van der Waals surface area contributed by atoms with E-state index >= 15 is 0 Å². The van der Waals surface area contributed by atoms with E-state index in [9.17, 15) is 13.2 Å². The van der Waals surface area contributed by atoms with Crippen molar-refractivity contribution in [2.45, 2.75) is 44.4 Å². The van der Waals surface area contributed by atoms with Gasteiger partial charge in [0.2, 0.25) is 5.91 Å². The van der Waals surface area contributed by atoms with Crippen LogP contribution in [0.2, 0.25) is 0 Å². The molecule has 26 heavy (non-hydrogen) atoms. The number of fused-ring (bicyclic) bond motifs is 1. The van der Waals surface area contributed by atoms with E-state index in [1.165, 1.54) is 0 Å². The number of amides is 1. The van der Waals surface area contributed by atoms with Crippen molar-refractivity contribution in [1.82, 2.24) is 0 Å². The molecular formula is C21H25NO3S. The highest BCUT2D eigenvalue weighted by Gasteiger charge is 2.47. The van der Waals surface area contributed by atoms with Crippen molar-refractivity contribution >= 4 is 27.1 Å². The van der Waals surface area contributed by atoms with Crippen LogP contribution in [0.15, 0.2) is 59.5 Å². The van der Waals surface area contributed by atoms with Gasteiger partial charge in [0, 0.05) is 5.69 Å². The zero-order valence-corrected chi connectivity index (χ0v) is 16.1. The first-order valence-electron chi connectivity index (χ1n) is 9.16. The van der Waals surface area contributed by atoms with Gasteiger partial charge >= 0.3 is 0 Å². The van der Waals surface area contributed by atoms with Gasteiger partial charge < -0.3 is 0 Å². The van der Waals surface area contributed by atoms with Crippen molar-refractivity contribution in [2.24, 2.45) is 5.41 Å². The summed E-state index contributed by atoms with van der Waals surface area (Å²) in [5, 5.41) is 0. The van der Waals surface area contributed by atoms with E-state index in [-0.39, 0.29) is 16.6 Å². The van der Waals surface area contributed by atoms with Gasteiger partial charge in [-0.1, -0.05) is 57.0 Å². The highest BCUT2D eigenvalue weighted by Crippen LogP contribution is 2.44. The van der Waals surface area contributed by atoms with Crippen molar-refractivity contribution in [3.63, 3.8) is 0 Å². The van der Waals surface area contributed by atoms with Crippen LogP contribution in [0.3, 0.4) is 0 Å². The molecule has 0 aliphatic carbocycles. The molecule has 2 aromatic carbocycles. The van der Waals surface area contributed by atoms with Gasteiger partial charge in [0.1, 0.15) is 0 Å². The summed E-state index contributed by atoms with van der Waals surface area (Å²) >= 11 is 0. The minimum Gasteiger partial charge on any atom is -0.279 e. The Balaban J connectivity index is 2.27. The van der Waals surface area contributed by atoms with Gasteiger partial charge in [0.05, 0.1) is 21.8 Å². The fourth-order valence-corrected chi connectivity index (χ4v) is 5.83. The average Bonchev–Trinajstić information content (AvgIpc) is 2.73. The number of carbonyl (C=O) groups excluding carboxylic acids is 1. The normalized spacial score (nSPS) is 21.9. The molecule has 1 amide bonds. The Morgan fingerprint density at radius 2 is 1.65 bits per heavy atom. The summed E-state index contributed by atoms with van der Waals surface area (Å²) in [4.78, 5) is 15.6. The van der Waals surface area contributed by atoms with Crippen LogP contribution in [0.5, 0.6) is 0 Å². The molecular weight excluding hydrogens is 346 g/mol. The third kappa shape index (κ3) is 3.16. The van der Waals surface area contributed by atoms with Crippen molar-refractivity contribution in [2.75, 3.05) is 10.7 Å². The highest BCUT2D eigenvalue weighted by atomic mass is 32.2. The smallest absolute Gasteiger partial charge is 0.238 e. The molecule has 0 spiro atoms. The maximum Gasteiger partial charge on any atom is 0.238 e. The summed E-state index contributed by atoms with van der Waals surface area (Å²) in [5.74, 6) is -0.247. The molecule has 0 radical (unpaired) electrons. The van der Waals surface area contributed by atoms with Crippen LogP contribution < -0.4 is 4.90 Å². The molecule has 0 bridgehead atoms. The van der Waals surface area contributed by atoms with Gasteiger partial charge in [-0.2, -0.15) is 0 Å². The molecule has 0 aromatic heterocycles. The fraction of sp³-hybridized carbons (Fsp3) is 0.381. The fourth-order valence-electron chi connectivity index (χ4n) is 3.71. The molecule has 0 N–H and O–H groups in total. The molecule has 1 atom stereocenters. The summed E-state index contributed by atoms with van der Waals surface area (Å²) in [6.45, 7) is 3.98. The number of hydrogen-bond acceptors (Lipinski definition) is 3. The molecule has 1 aliphatic heterocycles. The lowest BCUT2D eigenvalue weighted by Gasteiger charge is -2.34. The van der Waals surface area contributed by atoms with E-state index in [0.29, 0.717) is 24.2 Å². The van der Waals surface area contributed by atoms with Gasteiger partial charge in [-0.05, 0) is 37.1 Å². The number of unbranched alkanes of at least 4 members (excludes halogenated alkanes) is 1. The molecule has 1 heterocycles. The van der Waals surface area contributed by atoms with Crippen LogP contribution in [-0.2, 0) is 14.6 Å². The van der Waals surface area contributed by atoms with E-state index in [0.717, 1.165) is 12.8 Å². The molecule has 0 fully saturated rings. The predicted molar refractivity (Wildman–Crippen MR) is 104 cm³/mol. The second kappa shape index (κ2) is 7.23. The van der Waals surface area contributed by atoms with Gasteiger partial charge in [0.15, 0.2) is 9.84 Å². The quantitative estimate of drug-likeness (QED) is 0.764. The molecule has 5 heteroatoms. The van der Waals surface area contributed by atoms with E-state index in [4.69, 9.17) is 0 Å². The van der Waals surface area contributed by atoms with Crippen molar-refractivity contribution < 1.29 is 13.2 Å². The summed E-state index contributed by atoms with van der Waals surface area (Å²) in [6, 6.07) is 16.2. The summed E-state index contributed by atoms with van der Waals surface area (Å²) in [5.41, 5.74) is 0.260. The Hall–Kier alpha value is -2.14. The zero-order chi connectivity index (χ0) is 18.8. The number of sulfone groups is 1. The minimum atomic E-state index is -3.56. The number of para-hydroxylation sites is 2. The predicted octanol–water partition coefficient (Wildman–Crippen LogP) is 4.73. The molecule has 4 nitrogen and oxygen atoms in total. The van der Waals surface area contributed by atoms with Crippen molar-refractivity contribution in [3.8, 4) is 0 Å². The summed E-state index contributed by atoms with van der Waals surface area (Å²) in [6.07, 6.45) is 2.83. The summed E-state index contributed by atoms with van der Waals surface area (Å²) in [7, 11) is -3.56. The van der Waals surface area contributed by atoms with E-state index in [1.54, 1.807) is 29.2 Å². The molecule has 0 saturated carbocycles. The van der Waals surface area contributed by atoms with Crippen LogP contribution >= 0.6 is 0 Å². The number of nitrogens with zero attached hydrogens (tertiary/aromatic N) is 1. The Morgan fingerprint density at radius 1 is 1.00 bits per heavy atom. The van der Waals surface area contributed by atoms with Crippen molar-refractivity contribution in [1.29, 1.82) is 0 Å². The SMILES string of the molecule is CCCCC1(CC)CS(=O)(=O)c2ccccc2N(c2ccccc2)C1=O. The lowest BCUT2D eigenvalue weighted by Crippen LogP contribution is -2.43. The third-order valence-corrected chi connectivity index (χ3v) is 7.21. The van der Waals surface area contributed by atoms with E-state index in [2.05, 4.69) is 6.92 Å². The van der Waals surface area contributed by atoms with Crippen LogP contribution in [0.25, 0.3) is 0 Å². The maximum absolute atomic E-state index is 13.7. The molecule has 0 saturated heterocycles. The van der Waals surface area contributed by atoms with E-state index in [1.807, 2.05) is 37.3 Å². The zero-order valence-electron chi connectivity index (χ0n) is 15.3. The van der Waals surface area contributed by atoms with Crippen LogP contribution in [0, 0.1) is 5.41 Å². The number of anilines is 2. The first-order chi connectivity index (χ1) is 12.4. The van der Waals surface area contributed by atoms with E-state index < -0.39 is 15.3 Å². The van der Waals surface area contributed by atoms with Crippen molar-refractivity contribution in [3.05, 3.63) is 54.6 Å². The van der Waals surface area contributed by atoms with Crippen LogP contribution in [0.1, 0.15) is 39.5 Å². The van der Waals surface area contributed by atoms with Crippen LogP contribution in [0.4, 0.5) is 11.4 Å². The molecule has 1 unspecified atom stereocenters. The van der Waals surface area contributed by atoms with Gasteiger partial charge in [-0.25, -0.2) is 8.42 Å². The first-order valence-corrected chi connectivity index (χ1v) is 10.8. The number of carbonyl (C=O) groups is 1. The lowest BCUT2D eigenvalue weighted by molar-refractivity contribution is -0.127. The standard InChI is InChI=1S/C21H25NO3S/c1-3-5-15-21(4-2)16-26(24,25)19-14-10-9-13-18(19)22(20(21)23)17-11-7-6-8-12-17/h6-14H,3-5,15-16H2,1-2H3. The molecule has 1 aliphatic rings. The lowest BCUT2D eigenvalue weighted by atomic mass is 9.80. The topological polar surface area (TPSA) is 54.5 Å². The minimum absolute atomic E-state index is 0.117. The number of benzene rings is 2. The molecule has 2 aromatic rings. The van der Waals surface area contributed by atoms with Gasteiger partial charge in [-0.15, -0.1) is 0 Å². The maximum atomic E-state index is 13.7. The second-order valence-electron chi connectivity index (χ2n) is 6.94. The molecule has 138 valence electrons. The highest BCUT2D eigenvalue weighted by molar-refractivity contribution is 7.91. The Labute approximate surface area is 155 Å². The first kappa shape index (κ1) is 18.6.